The number of rotatable bonds is 4. The standard InChI is InChI=1S/C10H10F2O4S/c1-6(9(13)14)7-4-2-3-5-8(7)17(15,16)10(11)12/h2-6,10H,1H3,(H,13,14). The first-order chi connectivity index (χ1) is 7.78. The summed E-state index contributed by atoms with van der Waals surface area (Å²) in [5, 5.41) is 8.78. The first-order valence-electron chi connectivity index (χ1n) is 4.62. The number of alkyl halides is 2. The van der Waals surface area contributed by atoms with Gasteiger partial charge >= 0.3 is 11.7 Å². The molecule has 0 bridgehead atoms. The maximum absolute atomic E-state index is 12.4. The van der Waals surface area contributed by atoms with Crippen molar-refractivity contribution in [2.24, 2.45) is 0 Å². The van der Waals surface area contributed by atoms with Crippen LogP contribution in [0.25, 0.3) is 0 Å². The van der Waals surface area contributed by atoms with Gasteiger partial charge in [0.2, 0.25) is 9.84 Å². The third-order valence-electron chi connectivity index (χ3n) is 2.30. The summed E-state index contributed by atoms with van der Waals surface area (Å²) in [6.45, 7) is 1.24. The highest BCUT2D eigenvalue weighted by atomic mass is 32.2. The molecule has 0 aliphatic rings. The first-order valence-corrected chi connectivity index (χ1v) is 6.17. The van der Waals surface area contributed by atoms with Crippen LogP contribution in [0, 0.1) is 0 Å². The summed E-state index contributed by atoms with van der Waals surface area (Å²) in [6.07, 6.45) is 0. The quantitative estimate of drug-likeness (QED) is 0.901. The molecule has 0 aliphatic heterocycles. The minimum Gasteiger partial charge on any atom is -0.481 e. The van der Waals surface area contributed by atoms with Crippen LogP contribution in [0.2, 0.25) is 0 Å². The average Bonchev–Trinajstić information content (AvgIpc) is 2.27. The Bertz CT molecular complexity index is 525. The van der Waals surface area contributed by atoms with Gasteiger partial charge in [-0.25, -0.2) is 8.42 Å². The van der Waals surface area contributed by atoms with Gasteiger partial charge in [-0.2, -0.15) is 8.78 Å². The number of hydrogen-bond donors (Lipinski definition) is 1. The Morgan fingerprint density at radius 1 is 1.29 bits per heavy atom. The molecule has 4 nitrogen and oxygen atoms in total. The number of halogens is 2. The van der Waals surface area contributed by atoms with Crippen LogP contribution < -0.4 is 0 Å². The Labute approximate surface area is 96.8 Å². The number of benzene rings is 1. The fraction of sp³-hybridized carbons (Fsp3) is 0.300. The van der Waals surface area contributed by atoms with Gasteiger partial charge in [0.15, 0.2) is 0 Å². The van der Waals surface area contributed by atoms with Crippen molar-refractivity contribution < 1.29 is 27.1 Å². The van der Waals surface area contributed by atoms with Crippen LogP contribution in [0.1, 0.15) is 18.4 Å². The normalized spacial score (nSPS) is 13.6. The van der Waals surface area contributed by atoms with Crippen molar-refractivity contribution in [2.45, 2.75) is 23.5 Å². The lowest BCUT2D eigenvalue weighted by Crippen LogP contribution is -2.17. The van der Waals surface area contributed by atoms with Gasteiger partial charge in [0.05, 0.1) is 10.8 Å². The molecular weight excluding hydrogens is 254 g/mol. The number of hydrogen-bond acceptors (Lipinski definition) is 3. The zero-order chi connectivity index (χ0) is 13.2. The van der Waals surface area contributed by atoms with Crippen molar-refractivity contribution in [1.29, 1.82) is 0 Å². The van der Waals surface area contributed by atoms with E-state index in [1.54, 1.807) is 0 Å². The molecule has 1 unspecified atom stereocenters. The molecule has 1 N–H and O–H groups in total. The van der Waals surface area contributed by atoms with E-state index in [4.69, 9.17) is 5.11 Å². The Balaban J connectivity index is 3.42. The highest BCUT2D eigenvalue weighted by Gasteiger charge is 2.31. The van der Waals surface area contributed by atoms with Crippen LogP contribution in [0.4, 0.5) is 8.78 Å². The van der Waals surface area contributed by atoms with Gasteiger partial charge in [0.25, 0.3) is 0 Å². The van der Waals surface area contributed by atoms with Crippen LogP contribution in [0.15, 0.2) is 29.2 Å². The smallest absolute Gasteiger partial charge is 0.341 e. The molecule has 0 saturated carbocycles. The molecule has 0 fully saturated rings. The van der Waals surface area contributed by atoms with Crippen LogP contribution in [-0.2, 0) is 14.6 Å². The first kappa shape index (κ1) is 13.6. The number of carboxylic acids is 1. The zero-order valence-corrected chi connectivity index (χ0v) is 9.62. The summed E-state index contributed by atoms with van der Waals surface area (Å²) in [4.78, 5) is 10.1. The molecule has 0 aliphatic carbocycles. The Kier molecular flexibility index (Phi) is 3.82. The van der Waals surface area contributed by atoms with Crippen LogP contribution in [0.3, 0.4) is 0 Å². The van der Waals surface area contributed by atoms with E-state index in [1.807, 2.05) is 0 Å². The van der Waals surface area contributed by atoms with Crippen molar-refractivity contribution in [2.75, 3.05) is 0 Å². The minimum absolute atomic E-state index is 0.139. The maximum Gasteiger partial charge on any atom is 0.341 e. The lowest BCUT2D eigenvalue weighted by molar-refractivity contribution is -0.138. The third-order valence-corrected chi connectivity index (χ3v) is 3.75. The average molecular weight is 264 g/mol. The molecule has 94 valence electrons. The van der Waals surface area contributed by atoms with E-state index < -0.39 is 32.4 Å². The van der Waals surface area contributed by atoms with Crippen LogP contribution in [0.5, 0.6) is 0 Å². The molecular formula is C10H10F2O4S. The van der Waals surface area contributed by atoms with Gasteiger partial charge in [-0.3, -0.25) is 4.79 Å². The number of carboxylic acid groups (broad SMARTS) is 1. The van der Waals surface area contributed by atoms with E-state index in [0.29, 0.717) is 0 Å². The molecule has 1 aromatic rings. The summed E-state index contributed by atoms with van der Waals surface area (Å²) in [7, 11) is -4.78. The number of carbonyl (C=O) groups is 1. The molecule has 0 aromatic heterocycles. The SMILES string of the molecule is CC(C(=O)O)c1ccccc1S(=O)(=O)C(F)F. The van der Waals surface area contributed by atoms with E-state index in [9.17, 15) is 22.0 Å². The van der Waals surface area contributed by atoms with Gasteiger partial charge in [0.1, 0.15) is 0 Å². The van der Waals surface area contributed by atoms with E-state index >= 15 is 0 Å². The summed E-state index contributed by atoms with van der Waals surface area (Å²) >= 11 is 0. The molecule has 0 saturated heterocycles. The molecule has 0 amide bonds. The van der Waals surface area contributed by atoms with Gasteiger partial charge in [0, 0.05) is 0 Å². The third kappa shape index (κ3) is 2.60. The molecule has 7 heteroatoms. The molecule has 17 heavy (non-hydrogen) atoms. The summed E-state index contributed by atoms with van der Waals surface area (Å²) < 4.78 is 47.5. The second-order valence-electron chi connectivity index (χ2n) is 3.40. The molecule has 0 radical (unpaired) electrons. The fourth-order valence-corrected chi connectivity index (χ4v) is 2.36. The summed E-state index contributed by atoms with van der Waals surface area (Å²) in [5.74, 6) is -6.01. The van der Waals surface area contributed by atoms with Crippen molar-refractivity contribution in [3.05, 3.63) is 29.8 Å². The predicted molar refractivity (Wildman–Crippen MR) is 55.7 cm³/mol. The molecule has 1 atom stereocenters. The van der Waals surface area contributed by atoms with Gasteiger partial charge in [-0.1, -0.05) is 18.2 Å². The maximum atomic E-state index is 12.4. The molecule has 1 rings (SSSR count). The lowest BCUT2D eigenvalue weighted by Gasteiger charge is -2.12. The van der Waals surface area contributed by atoms with Crippen molar-refractivity contribution in [3.8, 4) is 0 Å². The second-order valence-corrected chi connectivity index (χ2v) is 5.29. The lowest BCUT2D eigenvalue weighted by atomic mass is 10.0. The molecule has 0 heterocycles. The van der Waals surface area contributed by atoms with Gasteiger partial charge in [-0.05, 0) is 18.6 Å². The van der Waals surface area contributed by atoms with Crippen LogP contribution in [-0.4, -0.2) is 25.3 Å². The van der Waals surface area contributed by atoms with Gasteiger partial charge in [-0.15, -0.1) is 0 Å². The highest BCUT2D eigenvalue weighted by molar-refractivity contribution is 7.91. The summed E-state index contributed by atoms with van der Waals surface area (Å²) in [5.41, 5.74) is -0.139. The highest BCUT2D eigenvalue weighted by Crippen LogP contribution is 2.27. The predicted octanol–water partition coefficient (Wildman–Crippen LogP) is 1.87. The Hall–Kier alpha value is -1.50. The summed E-state index contributed by atoms with van der Waals surface area (Å²) in [6, 6.07) is 4.87. The minimum atomic E-state index is -4.78. The van der Waals surface area contributed by atoms with Crippen LogP contribution >= 0.6 is 0 Å². The zero-order valence-electron chi connectivity index (χ0n) is 8.80. The monoisotopic (exact) mass is 264 g/mol. The second kappa shape index (κ2) is 4.79. The Morgan fingerprint density at radius 2 is 1.82 bits per heavy atom. The largest absolute Gasteiger partial charge is 0.481 e. The molecule has 0 spiro atoms. The fourth-order valence-electron chi connectivity index (χ4n) is 1.33. The van der Waals surface area contributed by atoms with E-state index in [0.717, 1.165) is 6.07 Å². The molecule has 1 aromatic carbocycles. The van der Waals surface area contributed by atoms with E-state index in [-0.39, 0.29) is 5.56 Å². The number of sulfone groups is 1. The van der Waals surface area contributed by atoms with Gasteiger partial charge < -0.3 is 5.11 Å². The topological polar surface area (TPSA) is 71.4 Å². The number of aliphatic carboxylic acids is 1. The van der Waals surface area contributed by atoms with Crippen molar-refractivity contribution >= 4 is 15.8 Å². The van der Waals surface area contributed by atoms with E-state index in [2.05, 4.69) is 0 Å². The van der Waals surface area contributed by atoms with Crippen molar-refractivity contribution in [1.82, 2.24) is 0 Å². The van der Waals surface area contributed by atoms with Crippen molar-refractivity contribution in [3.63, 3.8) is 0 Å². The van der Waals surface area contributed by atoms with E-state index in [1.165, 1.54) is 25.1 Å². The Morgan fingerprint density at radius 3 is 2.29 bits per heavy atom.